The summed E-state index contributed by atoms with van der Waals surface area (Å²) in [7, 11) is 0. The lowest BCUT2D eigenvalue weighted by atomic mass is 10.3. The number of hydrogen-bond donors (Lipinski definition) is 1. The SMILES string of the molecule is CCOC(=O)C(N)c1nccn1CC. The van der Waals surface area contributed by atoms with Crippen molar-refractivity contribution in [2.75, 3.05) is 6.61 Å². The van der Waals surface area contributed by atoms with E-state index < -0.39 is 12.0 Å². The second-order valence-corrected chi connectivity index (χ2v) is 2.80. The van der Waals surface area contributed by atoms with Gasteiger partial charge in [0.15, 0.2) is 6.04 Å². The van der Waals surface area contributed by atoms with E-state index in [1.807, 2.05) is 11.5 Å². The van der Waals surface area contributed by atoms with Gasteiger partial charge in [-0.05, 0) is 13.8 Å². The minimum absolute atomic E-state index is 0.333. The Labute approximate surface area is 82.9 Å². The zero-order valence-corrected chi connectivity index (χ0v) is 8.43. The third kappa shape index (κ3) is 2.11. The number of hydrogen-bond acceptors (Lipinski definition) is 4. The molecule has 5 nitrogen and oxygen atoms in total. The van der Waals surface area contributed by atoms with Crippen molar-refractivity contribution in [3.63, 3.8) is 0 Å². The second kappa shape index (κ2) is 4.76. The van der Waals surface area contributed by atoms with E-state index in [9.17, 15) is 4.79 Å². The van der Waals surface area contributed by atoms with Gasteiger partial charge >= 0.3 is 5.97 Å². The molecule has 5 heteroatoms. The Kier molecular flexibility index (Phi) is 3.64. The van der Waals surface area contributed by atoms with E-state index in [0.29, 0.717) is 12.4 Å². The summed E-state index contributed by atoms with van der Waals surface area (Å²) in [6, 6.07) is -0.787. The molecule has 0 aromatic carbocycles. The first-order valence-corrected chi connectivity index (χ1v) is 4.63. The number of rotatable bonds is 4. The summed E-state index contributed by atoms with van der Waals surface area (Å²) < 4.78 is 6.63. The standard InChI is InChI=1S/C9H15N3O2/c1-3-12-6-5-11-8(12)7(10)9(13)14-4-2/h5-7H,3-4,10H2,1-2H3. The van der Waals surface area contributed by atoms with Gasteiger partial charge in [-0.2, -0.15) is 0 Å². The fraction of sp³-hybridized carbons (Fsp3) is 0.556. The molecule has 2 N–H and O–H groups in total. The number of carbonyl (C=O) groups excluding carboxylic acids is 1. The quantitative estimate of drug-likeness (QED) is 0.712. The lowest BCUT2D eigenvalue weighted by Crippen LogP contribution is -2.26. The molecular weight excluding hydrogens is 182 g/mol. The van der Waals surface area contributed by atoms with Gasteiger partial charge in [0.1, 0.15) is 5.82 Å². The van der Waals surface area contributed by atoms with E-state index in [4.69, 9.17) is 10.5 Å². The van der Waals surface area contributed by atoms with Crippen LogP contribution in [0.5, 0.6) is 0 Å². The molecule has 0 bridgehead atoms. The summed E-state index contributed by atoms with van der Waals surface area (Å²) in [6.45, 7) is 4.78. The van der Waals surface area contributed by atoms with E-state index in [2.05, 4.69) is 4.98 Å². The van der Waals surface area contributed by atoms with Crippen LogP contribution in [-0.2, 0) is 16.1 Å². The Morgan fingerprint density at radius 3 is 3.00 bits per heavy atom. The zero-order chi connectivity index (χ0) is 10.6. The highest BCUT2D eigenvalue weighted by Crippen LogP contribution is 2.09. The van der Waals surface area contributed by atoms with Crippen molar-refractivity contribution in [1.29, 1.82) is 0 Å². The van der Waals surface area contributed by atoms with Crippen molar-refractivity contribution < 1.29 is 9.53 Å². The van der Waals surface area contributed by atoms with Gasteiger partial charge in [0.2, 0.25) is 0 Å². The highest BCUT2D eigenvalue weighted by atomic mass is 16.5. The number of aromatic nitrogens is 2. The van der Waals surface area contributed by atoms with E-state index in [1.54, 1.807) is 19.3 Å². The van der Waals surface area contributed by atoms with Crippen LogP contribution in [0.1, 0.15) is 25.7 Å². The molecular formula is C9H15N3O2. The number of carbonyl (C=O) groups is 1. The molecule has 14 heavy (non-hydrogen) atoms. The molecule has 0 aliphatic rings. The van der Waals surface area contributed by atoms with E-state index in [0.717, 1.165) is 6.54 Å². The molecule has 1 unspecified atom stereocenters. The normalized spacial score (nSPS) is 12.5. The van der Waals surface area contributed by atoms with Gasteiger partial charge in [0, 0.05) is 18.9 Å². The molecule has 0 fully saturated rings. The van der Waals surface area contributed by atoms with Crippen molar-refractivity contribution in [2.45, 2.75) is 26.4 Å². The topological polar surface area (TPSA) is 70.1 Å². The van der Waals surface area contributed by atoms with Gasteiger partial charge in [0.25, 0.3) is 0 Å². The fourth-order valence-corrected chi connectivity index (χ4v) is 1.20. The Balaban J connectivity index is 2.77. The molecule has 1 heterocycles. The average molecular weight is 197 g/mol. The molecule has 1 aromatic rings. The van der Waals surface area contributed by atoms with Crippen LogP contribution in [0.2, 0.25) is 0 Å². The van der Waals surface area contributed by atoms with E-state index in [-0.39, 0.29) is 0 Å². The molecule has 0 radical (unpaired) electrons. The van der Waals surface area contributed by atoms with Crippen LogP contribution in [0.4, 0.5) is 0 Å². The highest BCUT2D eigenvalue weighted by Gasteiger charge is 2.21. The van der Waals surface area contributed by atoms with Gasteiger partial charge in [0.05, 0.1) is 6.61 Å². The largest absolute Gasteiger partial charge is 0.464 e. The average Bonchev–Trinajstić information content (AvgIpc) is 2.64. The van der Waals surface area contributed by atoms with Crippen molar-refractivity contribution >= 4 is 5.97 Å². The summed E-state index contributed by atoms with van der Waals surface area (Å²) in [4.78, 5) is 15.3. The molecule has 1 aromatic heterocycles. The molecule has 0 aliphatic heterocycles. The molecule has 0 amide bonds. The smallest absolute Gasteiger partial charge is 0.330 e. The summed E-state index contributed by atoms with van der Waals surface area (Å²) >= 11 is 0. The number of nitrogens with two attached hydrogens (primary N) is 1. The monoisotopic (exact) mass is 197 g/mol. The third-order valence-corrected chi connectivity index (χ3v) is 1.91. The second-order valence-electron chi connectivity index (χ2n) is 2.80. The Hall–Kier alpha value is -1.36. The predicted octanol–water partition coefficient (Wildman–Crippen LogP) is 0.466. The molecule has 1 atom stereocenters. The third-order valence-electron chi connectivity index (χ3n) is 1.91. The number of imidazole rings is 1. The molecule has 0 saturated carbocycles. The van der Waals surface area contributed by atoms with Crippen molar-refractivity contribution in [1.82, 2.24) is 9.55 Å². The summed E-state index contributed by atoms with van der Waals surface area (Å²) in [5.41, 5.74) is 5.69. The maximum atomic E-state index is 11.3. The Morgan fingerprint density at radius 2 is 2.43 bits per heavy atom. The highest BCUT2D eigenvalue weighted by molar-refractivity contribution is 5.76. The number of esters is 1. The van der Waals surface area contributed by atoms with Gasteiger partial charge in [-0.3, -0.25) is 0 Å². The van der Waals surface area contributed by atoms with Crippen LogP contribution < -0.4 is 5.73 Å². The number of nitrogens with zero attached hydrogens (tertiary/aromatic N) is 2. The maximum Gasteiger partial charge on any atom is 0.330 e. The van der Waals surface area contributed by atoms with Crippen molar-refractivity contribution in [3.05, 3.63) is 18.2 Å². The predicted molar refractivity (Wildman–Crippen MR) is 51.5 cm³/mol. The molecule has 0 aliphatic carbocycles. The summed E-state index contributed by atoms with van der Waals surface area (Å²) in [5.74, 6) is 0.111. The minimum Gasteiger partial charge on any atom is -0.464 e. The van der Waals surface area contributed by atoms with Crippen molar-refractivity contribution in [3.8, 4) is 0 Å². The van der Waals surface area contributed by atoms with Crippen molar-refractivity contribution in [2.24, 2.45) is 5.73 Å². The Morgan fingerprint density at radius 1 is 1.71 bits per heavy atom. The van der Waals surface area contributed by atoms with Crippen LogP contribution >= 0.6 is 0 Å². The van der Waals surface area contributed by atoms with Crippen LogP contribution in [0, 0.1) is 0 Å². The number of ether oxygens (including phenoxy) is 1. The van der Waals surface area contributed by atoms with Crippen LogP contribution in [-0.4, -0.2) is 22.1 Å². The zero-order valence-electron chi connectivity index (χ0n) is 8.43. The van der Waals surface area contributed by atoms with Gasteiger partial charge in [-0.25, -0.2) is 9.78 Å². The lowest BCUT2D eigenvalue weighted by molar-refractivity contribution is -0.145. The van der Waals surface area contributed by atoms with Crippen LogP contribution in [0.25, 0.3) is 0 Å². The first-order chi connectivity index (χ1) is 6.70. The molecule has 1 rings (SSSR count). The summed E-state index contributed by atoms with van der Waals surface area (Å²) in [5, 5.41) is 0. The lowest BCUT2D eigenvalue weighted by Gasteiger charge is -2.11. The first kappa shape index (κ1) is 10.7. The van der Waals surface area contributed by atoms with E-state index >= 15 is 0 Å². The van der Waals surface area contributed by atoms with Crippen LogP contribution in [0.3, 0.4) is 0 Å². The number of aryl methyl sites for hydroxylation is 1. The van der Waals surface area contributed by atoms with Gasteiger partial charge < -0.3 is 15.0 Å². The van der Waals surface area contributed by atoms with Gasteiger partial charge in [-0.1, -0.05) is 0 Å². The van der Waals surface area contributed by atoms with E-state index in [1.165, 1.54) is 0 Å². The first-order valence-electron chi connectivity index (χ1n) is 4.63. The van der Waals surface area contributed by atoms with Gasteiger partial charge in [-0.15, -0.1) is 0 Å². The summed E-state index contributed by atoms with van der Waals surface area (Å²) in [6.07, 6.45) is 3.41. The van der Waals surface area contributed by atoms with Crippen LogP contribution in [0.15, 0.2) is 12.4 Å². The maximum absolute atomic E-state index is 11.3. The minimum atomic E-state index is -0.787. The fourth-order valence-electron chi connectivity index (χ4n) is 1.20. The Bertz CT molecular complexity index is 309. The molecule has 0 saturated heterocycles. The molecule has 78 valence electrons. The molecule has 0 spiro atoms.